The highest BCUT2D eigenvalue weighted by Crippen LogP contribution is 2.24. The van der Waals surface area contributed by atoms with Crippen LogP contribution in [0.5, 0.6) is 5.75 Å². The molecule has 72 valence electrons. The molecule has 1 aromatic rings. The van der Waals surface area contributed by atoms with E-state index in [2.05, 4.69) is 0 Å². The van der Waals surface area contributed by atoms with Crippen LogP contribution in [-0.4, -0.2) is 22.6 Å². The van der Waals surface area contributed by atoms with E-state index in [1.807, 2.05) is 18.4 Å². The van der Waals surface area contributed by atoms with Gasteiger partial charge in [-0.15, -0.1) is 11.8 Å². The van der Waals surface area contributed by atoms with Crippen LogP contribution in [0.1, 0.15) is 12.5 Å². The van der Waals surface area contributed by atoms with Gasteiger partial charge in [0.15, 0.2) is 0 Å². The first-order valence-corrected chi connectivity index (χ1v) is 5.40. The van der Waals surface area contributed by atoms with Crippen molar-refractivity contribution >= 4 is 11.8 Å². The van der Waals surface area contributed by atoms with Crippen LogP contribution < -0.4 is 0 Å². The van der Waals surface area contributed by atoms with Crippen LogP contribution in [0, 0.1) is 0 Å². The minimum atomic E-state index is -0.414. The molecule has 1 unspecified atom stereocenters. The third-order valence-electron chi connectivity index (χ3n) is 1.80. The van der Waals surface area contributed by atoms with E-state index >= 15 is 0 Å². The molecular formula is C10H14O2S. The summed E-state index contributed by atoms with van der Waals surface area (Å²) in [4.78, 5) is 1.11. The Hall–Kier alpha value is -0.670. The molecule has 13 heavy (non-hydrogen) atoms. The second-order valence-electron chi connectivity index (χ2n) is 3.05. The summed E-state index contributed by atoms with van der Waals surface area (Å²) in [6.07, 6.45) is 2.07. The van der Waals surface area contributed by atoms with E-state index in [9.17, 15) is 10.2 Å². The van der Waals surface area contributed by atoms with Gasteiger partial charge in [-0.1, -0.05) is 0 Å². The molecule has 0 heterocycles. The maximum Gasteiger partial charge on any atom is 0.118 e. The number of aliphatic hydroxyl groups excluding tert-OH is 1. The van der Waals surface area contributed by atoms with Crippen molar-refractivity contribution in [3.63, 3.8) is 0 Å². The van der Waals surface area contributed by atoms with E-state index < -0.39 is 6.10 Å². The molecule has 0 amide bonds. The van der Waals surface area contributed by atoms with Crippen molar-refractivity contribution in [3.8, 4) is 5.75 Å². The molecule has 0 spiro atoms. The van der Waals surface area contributed by atoms with E-state index in [0.717, 1.165) is 10.5 Å². The molecular weight excluding hydrogens is 184 g/mol. The first-order valence-electron chi connectivity index (χ1n) is 4.17. The Morgan fingerprint density at radius 2 is 2.15 bits per heavy atom. The zero-order valence-electron chi connectivity index (χ0n) is 7.82. The first kappa shape index (κ1) is 10.4. The second kappa shape index (κ2) is 4.53. The normalized spacial score (nSPS) is 12.8. The van der Waals surface area contributed by atoms with Gasteiger partial charge in [0.1, 0.15) is 5.75 Å². The van der Waals surface area contributed by atoms with Crippen molar-refractivity contribution in [2.45, 2.75) is 24.3 Å². The maximum absolute atomic E-state index is 9.46. The molecule has 1 atom stereocenters. The predicted molar refractivity (Wildman–Crippen MR) is 55.3 cm³/mol. The lowest BCUT2D eigenvalue weighted by atomic mass is 10.1. The van der Waals surface area contributed by atoms with Gasteiger partial charge < -0.3 is 10.2 Å². The van der Waals surface area contributed by atoms with Gasteiger partial charge in [0.05, 0.1) is 6.10 Å². The van der Waals surface area contributed by atoms with E-state index in [-0.39, 0.29) is 5.75 Å². The largest absolute Gasteiger partial charge is 0.508 e. The smallest absolute Gasteiger partial charge is 0.118 e. The number of hydrogen-bond donors (Lipinski definition) is 2. The molecule has 2 N–H and O–H groups in total. The SMILES string of the molecule is CSc1ccc(O)c(CC(C)O)c1. The highest BCUT2D eigenvalue weighted by atomic mass is 32.2. The van der Waals surface area contributed by atoms with Crippen LogP contribution >= 0.6 is 11.8 Å². The molecule has 0 fully saturated rings. The topological polar surface area (TPSA) is 40.5 Å². The monoisotopic (exact) mass is 198 g/mol. The predicted octanol–water partition coefficient (Wildman–Crippen LogP) is 2.04. The van der Waals surface area contributed by atoms with E-state index in [4.69, 9.17) is 0 Å². The molecule has 0 bridgehead atoms. The Labute approximate surface area is 82.6 Å². The summed E-state index contributed by atoms with van der Waals surface area (Å²) in [7, 11) is 0. The summed E-state index contributed by atoms with van der Waals surface area (Å²) >= 11 is 1.63. The van der Waals surface area contributed by atoms with Gasteiger partial charge in [-0.2, -0.15) is 0 Å². The lowest BCUT2D eigenvalue weighted by molar-refractivity contribution is 0.194. The molecule has 0 radical (unpaired) electrons. The minimum absolute atomic E-state index is 0.263. The van der Waals surface area contributed by atoms with Crippen molar-refractivity contribution < 1.29 is 10.2 Å². The van der Waals surface area contributed by atoms with Gasteiger partial charge in [-0.25, -0.2) is 0 Å². The average Bonchev–Trinajstić information content (AvgIpc) is 2.08. The highest BCUT2D eigenvalue weighted by molar-refractivity contribution is 7.98. The number of aromatic hydroxyl groups is 1. The van der Waals surface area contributed by atoms with Gasteiger partial charge in [-0.3, -0.25) is 0 Å². The van der Waals surface area contributed by atoms with Crippen molar-refractivity contribution in [3.05, 3.63) is 23.8 Å². The Kier molecular flexibility index (Phi) is 3.63. The van der Waals surface area contributed by atoms with E-state index in [1.165, 1.54) is 0 Å². The van der Waals surface area contributed by atoms with Gasteiger partial charge in [-0.05, 0) is 36.9 Å². The fourth-order valence-electron chi connectivity index (χ4n) is 1.17. The van der Waals surface area contributed by atoms with Crippen LogP contribution in [0.15, 0.2) is 23.1 Å². The van der Waals surface area contributed by atoms with Crippen molar-refractivity contribution in [1.82, 2.24) is 0 Å². The number of hydrogen-bond acceptors (Lipinski definition) is 3. The molecule has 0 aliphatic carbocycles. The molecule has 0 aliphatic rings. The lowest BCUT2D eigenvalue weighted by Gasteiger charge is -2.08. The summed E-state index contributed by atoms with van der Waals surface area (Å²) in [6.45, 7) is 1.71. The molecule has 0 saturated carbocycles. The second-order valence-corrected chi connectivity index (χ2v) is 3.93. The van der Waals surface area contributed by atoms with Crippen molar-refractivity contribution in [2.75, 3.05) is 6.26 Å². The summed E-state index contributed by atoms with van der Waals surface area (Å²) in [5.41, 5.74) is 0.807. The number of benzene rings is 1. The zero-order valence-corrected chi connectivity index (χ0v) is 8.64. The molecule has 3 heteroatoms. The summed E-state index contributed by atoms with van der Waals surface area (Å²) in [6, 6.07) is 5.45. The van der Waals surface area contributed by atoms with E-state index in [1.54, 1.807) is 24.8 Å². The minimum Gasteiger partial charge on any atom is -0.508 e. The molecule has 0 aromatic heterocycles. The van der Waals surface area contributed by atoms with Crippen LogP contribution in [0.25, 0.3) is 0 Å². The molecule has 1 rings (SSSR count). The number of phenols is 1. The first-order chi connectivity index (χ1) is 6.13. The number of aliphatic hydroxyl groups is 1. The fraction of sp³-hybridized carbons (Fsp3) is 0.400. The quantitative estimate of drug-likeness (QED) is 0.730. The van der Waals surface area contributed by atoms with Crippen LogP contribution in [0.4, 0.5) is 0 Å². The van der Waals surface area contributed by atoms with Crippen LogP contribution in [0.3, 0.4) is 0 Å². The Bertz CT molecular complexity index is 284. The Morgan fingerprint density at radius 3 is 2.69 bits per heavy atom. The maximum atomic E-state index is 9.46. The Morgan fingerprint density at radius 1 is 1.46 bits per heavy atom. The summed E-state index contributed by atoms with van der Waals surface area (Å²) in [5, 5.41) is 18.6. The van der Waals surface area contributed by atoms with Crippen LogP contribution in [0.2, 0.25) is 0 Å². The van der Waals surface area contributed by atoms with Gasteiger partial charge >= 0.3 is 0 Å². The number of rotatable bonds is 3. The zero-order chi connectivity index (χ0) is 9.84. The summed E-state index contributed by atoms with van der Waals surface area (Å²) < 4.78 is 0. The third-order valence-corrected chi connectivity index (χ3v) is 2.53. The standard InChI is InChI=1S/C10H14O2S/c1-7(11)5-8-6-9(13-2)3-4-10(8)12/h3-4,6-7,11-12H,5H2,1-2H3. The lowest BCUT2D eigenvalue weighted by Crippen LogP contribution is -2.04. The molecule has 1 aromatic carbocycles. The van der Waals surface area contributed by atoms with Gasteiger partial charge in [0.25, 0.3) is 0 Å². The van der Waals surface area contributed by atoms with Gasteiger partial charge in [0, 0.05) is 11.3 Å². The van der Waals surface area contributed by atoms with Crippen molar-refractivity contribution in [1.29, 1.82) is 0 Å². The van der Waals surface area contributed by atoms with Gasteiger partial charge in [0.2, 0.25) is 0 Å². The third kappa shape index (κ3) is 2.94. The average molecular weight is 198 g/mol. The number of phenolic OH excluding ortho intramolecular Hbond substituents is 1. The summed E-state index contributed by atoms with van der Waals surface area (Å²) in [5.74, 6) is 0.263. The Balaban J connectivity index is 2.90. The highest BCUT2D eigenvalue weighted by Gasteiger charge is 2.05. The molecule has 2 nitrogen and oxygen atoms in total. The number of thioether (sulfide) groups is 1. The van der Waals surface area contributed by atoms with Crippen LogP contribution in [-0.2, 0) is 6.42 Å². The van der Waals surface area contributed by atoms with E-state index in [0.29, 0.717) is 6.42 Å². The molecule has 0 aliphatic heterocycles. The molecule has 0 saturated heterocycles. The van der Waals surface area contributed by atoms with Crippen molar-refractivity contribution in [2.24, 2.45) is 0 Å². The fourth-order valence-corrected chi connectivity index (χ4v) is 1.63.